The van der Waals surface area contributed by atoms with Crippen molar-refractivity contribution in [3.63, 3.8) is 0 Å². The Balaban J connectivity index is 1.70. The van der Waals surface area contributed by atoms with E-state index < -0.39 is 11.6 Å². The van der Waals surface area contributed by atoms with Crippen LogP contribution in [0.2, 0.25) is 5.02 Å². The van der Waals surface area contributed by atoms with E-state index in [9.17, 15) is 9.59 Å². The molecular formula is C28H28ClN3O4. The van der Waals surface area contributed by atoms with Crippen LogP contribution in [-0.4, -0.2) is 33.6 Å². The maximum absolute atomic E-state index is 13.9. The first-order valence-electron chi connectivity index (χ1n) is 11.8. The summed E-state index contributed by atoms with van der Waals surface area (Å²) in [7, 11) is 0. The normalized spacial score (nSPS) is 18.4. The second-order valence-corrected chi connectivity index (χ2v) is 10.5. The number of aromatic nitrogens is 1. The van der Waals surface area contributed by atoms with Gasteiger partial charge in [0.2, 0.25) is 18.6 Å². The van der Waals surface area contributed by atoms with Gasteiger partial charge in [-0.1, -0.05) is 17.7 Å². The SMILES string of the molecule is C/C1=C/C(=O)N(Cc2ccc3c(c2)OCO3)C(C(=O)NC(C)(C)C)c2cc(Cl)ccc2-n2cccc21. The molecule has 7 nitrogen and oxygen atoms in total. The molecule has 0 saturated carbocycles. The second kappa shape index (κ2) is 9.06. The van der Waals surface area contributed by atoms with Crippen molar-refractivity contribution >= 4 is 29.0 Å². The highest BCUT2D eigenvalue weighted by atomic mass is 35.5. The third-order valence-electron chi connectivity index (χ3n) is 6.17. The van der Waals surface area contributed by atoms with Gasteiger partial charge in [-0.25, -0.2) is 0 Å². The molecule has 3 heterocycles. The standard InChI is InChI=1S/C28H28ClN3O4/c1-17-12-25(33)32(15-18-7-10-23-24(13-18)36-16-35-23)26(27(34)30-28(2,3)4)20-14-19(29)8-9-22(20)31-11-5-6-21(17)31/h5-14,26H,15-16H2,1-4H3,(H,30,34)/b17-12-. The Morgan fingerprint density at radius 3 is 2.67 bits per heavy atom. The molecule has 2 aliphatic rings. The number of nitrogens with one attached hydrogen (secondary N) is 1. The largest absolute Gasteiger partial charge is 0.454 e. The van der Waals surface area contributed by atoms with Gasteiger partial charge in [0.1, 0.15) is 6.04 Å². The summed E-state index contributed by atoms with van der Waals surface area (Å²) in [5.74, 6) is 0.705. The predicted octanol–water partition coefficient (Wildman–Crippen LogP) is 5.26. The number of nitrogens with zero attached hydrogens (tertiary/aromatic N) is 2. The fourth-order valence-corrected chi connectivity index (χ4v) is 4.82. The molecule has 3 aromatic rings. The van der Waals surface area contributed by atoms with E-state index in [0.717, 1.165) is 22.5 Å². The van der Waals surface area contributed by atoms with Gasteiger partial charge >= 0.3 is 0 Å². The summed E-state index contributed by atoms with van der Waals surface area (Å²) < 4.78 is 13.0. The molecule has 8 heteroatoms. The monoisotopic (exact) mass is 505 g/mol. The first-order chi connectivity index (χ1) is 17.1. The molecule has 0 fully saturated rings. The van der Waals surface area contributed by atoms with Gasteiger partial charge in [0.05, 0.1) is 5.69 Å². The molecule has 2 aromatic carbocycles. The van der Waals surface area contributed by atoms with Crippen molar-refractivity contribution in [2.45, 2.75) is 45.8 Å². The summed E-state index contributed by atoms with van der Waals surface area (Å²) in [5, 5.41) is 3.56. The highest BCUT2D eigenvalue weighted by Gasteiger charge is 2.36. The van der Waals surface area contributed by atoms with E-state index in [0.29, 0.717) is 22.1 Å². The summed E-state index contributed by atoms with van der Waals surface area (Å²) >= 11 is 6.46. The van der Waals surface area contributed by atoms with Gasteiger partial charge in [0, 0.05) is 40.6 Å². The summed E-state index contributed by atoms with van der Waals surface area (Å²) in [6.07, 6.45) is 3.51. The Labute approximate surface area is 215 Å². The molecule has 2 amide bonds. The summed E-state index contributed by atoms with van der Waals surface area (Å²) in [4.78, 5) is 29.3. The molecule has 1 unspecified atom stereocenters. The molecule has 5 rings (SSSR count). The van der Waals surface area contributed by atoms with Crippen LogP contribution in [0.4, 0.5) is 0 Å². The number of rotatable bonds is 3. The zero-order chi connectivity index (χ0) is 25.6. The molecular weight excluding hydrogens is 478 g/mol. The Morgan fingerprint density at radius 2 is 1.89 bits per heavy atom. The zero-order valence-corrected chi connectivity index (χ0v) is 21.4. The Kier molecular flexibility index (Phi) is 6.04. The number of fused-ring (bicyclic) bond motifs is 4. The molecule has 0 saturated heterocycles. The van der Waals surface area contributed by atoms with Gasteiger partial charge in [0.25, 0.3) is 0 Å². The number of benzene rings is 2. The Bertz CT molecular complexity index is 1390. The maximum atomic E-state index is 13.9. The number of ether oxygens (including phenoxy) is 2. The maximum Gasteiger partial charge on any atom is 0.248 e. The van der Waals surface area contributed by atoms with Crippen LogP contribution in [0.25, 0.3) is 11.3 Å². The summed E-state index contributed by atoms with van der Waals surface area (Å²) in [6, 6.07) is 13.9. The molecule has 1 aromatic heterocycles. The second-order valence-electron chi connectivity index (χ2n) is 10.1. The molecule has 0 aliphatic carbocycles. The van der Waals surface area contributed by atoms with Crippen LogP contribution in [0.15, 0.2) is 60.8 Å². The minimum Gasteiger partial charge on any atom is -0.454 e. The molecule has 0 spiro atoms. The van der Waals surface area contributed by atoms with Gasteiger partial charge in [-0.2, -0.15) is 0 Å². The van der Waals surface area contributed by atoms with Crippen molar-refractivity contribution in [3.05, 3.63) is 82.6 Å². The lowest BCUT2D eigenvalue weighted by Gasteiger charge is -2.34. The topological polar surface area (TPSA) is 72.8 Å². The van der Waals surface area contributed by atoms with Gasteiger partial charge in [0.15, 0.2) is 11.5 Å². The third kappa shape index (κ3) is 4.58. The molecule has 0 radical (unpaired) electrons. The zero-order valence-electron chi connectivity index (χ0n) is 20.7. The number of hydrogen-bond acceptors (Lipinski definition) is 4. The first kappa shape index (κ1) is 24.0. The van der Waals surface area contributed by atoms with Crippen LogP contribution in [0.1, 0.15) is 50.6 Å². The van der Waals surface area contributed by atoms with Crippen LogP contribution < -0.4 is 14.8 Å². The number of carbonyl (C=O) groups is 2. The quantitative estimate of drug-likeness (QED) is 0.527. The first-order valence-corrected chi connectivity index (χ1v) is 12.2. The van der Waals surface area contributed by atoms with Gasteiger partial charge in [-0.05, 0) is 81.3 Å². The number of carbonyl (C=O) groups excluding carboxylic acids is 2. The number of amides is 2. The molecule has 0 bridgehead atoms. The molecule has 1 atom stereocenters. The number of hydrogen-bond donors (Lipinski definition) is 1. The van der Waals surface area contributed by atoms with E-state index in [1.54, 1.807) is 23.1 Å². The molecule has 2 aliphatic heterocycles. The van der Waals surface area contributed by atoms with Crippen LogP contribution in [0.3, 0.4) is 0 Å². The van der Waals surface area contributed by atoms with Crippen molar-refractivity contribution in [2.75, 3.05) is 6.79 Å². The fourth-order valence-electron chi connectivity index (χ4n) is 4.64. The van der Waals surface area contributed by atoms with E-state index in [-0.39, 0.29) is 25.2 Å². The van der Waals surface area contributed by atoms with E-state index in [2.05, 4.69) is 5.32 Å². The third-order valence-corrected chi connectivity index (χ3v) is 6.40. The van der Waals surface area contributed by atoms with Crippen LogP contribution in [-0.2, 0) is 16.1 Å². The lowest BCUT2D eigenvalue weighted by atomic mass is 9.98. The van der Waals surface area contributed by atoms with E-state index in [1.165, 1.54) is 0 Å². The van der Waals surface area contributed by atoms with Crippen LogP contribution in [0, 0.1) is 0 Å². The Morgan fingerprint density at radius 1 is 1.11 bits per heavy atom. The lowest BCUT2D eigenvalue weighted by Crippen LogP contribution is -2.49. The van der Waals surface area contributed by atoms with E-state index in [4.69, 9.17) is 21.1 Å². The summed E-state index contributed by atoms with van der Waals surface area (Å²) in [6.45, 7) is 7.98. The molecule has 1 N–H and O–H groups in total. The minimum atomic E-state index is -0.937. The summed E-state index contributed by atoms with van der Waals surface area (Å²) in [5.41, 5.74) is 3.39. The lowest BCUT2D eigenvalue weighted by molar-refractivity contribution is -0.138. The fraction of sp³-hybridized carbons (Fsp3) is 0.286. The van der Waals surface area contributed by atoms with E-state index >= 15 is 0 Å². The van der Waals surface area contributed by atoms with Gasteiger partial charge in [-0.15, -0.1) is 0 Å². The van der Waals surface area contributed by atoms with Crippen molar-refractivity contribution in [2.24, 2.45) is 0 Å². The number of allylic oxidation sites excluding steroid dienone is 1. The minimum absolute atomic E-state index is 0.157. The van der Waals surface area contributed by atoms with Crippen molar-refractivity contribution < 1.29 is 19.1 Å². The average molecular weight is 506 g/mol. The van der Waals surface area contributed by atoms with Gasteiger partial charge < -0.3 is 24.3 Å². The highest BCUT2D eigenvalue weighted by molar-refractivity contribution is 6.30. The Hall–Kier alpha value is -3.71. The smallest absolute Gasteiger partial charge is 0.248 e. The number of halogens is 1. The van der Waals surface area contributed by atoms with Crippen molar-refractivity contribution in [1.82, 2.24) is 14.8 Å². The average Bonchev–Trinajstić information content (AvgIpc) is 3.46. The van der Waals surface area contributed by atoms with Crippen LogP contribution >= 0.6 is 11.6 Å². The predicted molar refractivity (Wildman–Crippen MR) is 138 cm³/mol. The van der Waals surface area contributed by atoms with Crippen molar-refractivity contribution in [3.8, 4) is 17.2 Å². The highest BCUT2D eigenvalue weighted by Crippen LogP contribution is 2.37. The van der Waals surface area contributed by atoms with Crippen LogP contribution in [0.5, 0.6) is 11.5 Å². The van der Waals surface area contributed by atoms with E-state index in [1.807, 2.05) is 74.9 Å². The van der Waals surface area contributed by atoms with Gasteiger partial charge in [-0.3, -0.25) is 9.59 Å². The molecule has 36 heavy (non-hydrogen) atoms. The molecule has 186 valence electrons. The van der Waals surface area contributed by atoms with Crippen molar-refractivity contribution in [1.29, 1.82) is 0 Å².